The van der Waals surface area contributed by atoms with E-state index in [-0.39, 0.29) is 5.91 Å². The number of hydrogen-bond acceptors (Lipinski definition) is 2. The summed E-state index contributed by atoms with van der Waals surface area (Å²) in [5.74, 6) is 2.21. The molecule has 80 valence electrons. The van der Waals surface area contributed by atoms with Crippen LogP contribution >= 0.6 is 27.7 Å². The molecule has 0 aliphatic carbocycles. The molecule has 4 heteroatoms. The van der Waals surface area contributed by atoms with Crippen LogP contribution in [0, 0.1) is 0 Å². The van der Waals surface area contributed by atoms with E-state index in [0.29, 0.717) is 6.04 Å². The van der Waals surface area contributed by atoms with E-state index in [1.807, 2.05) is 36.0 Å². The van der Waals surface area contributed by atoms with Gasteiger partial charge in [0.2, 0.25) is 0 Å². The van der Waals surface area contributed by atoms with E-state index in [1.165, 1.54) is 0 Å². The molecule has 1 aromatic carbocycles. The first-order valence-corrected chi connectivity index (χ1v) is 6.85. The normalized spacial score (nSPS) is 20.2. The number of benzene rings is 1. The smallest absolute Gasteiger partial charge is 0.252 e. The second kappa shape index (κ2) is 5.03. The van der Waals surface area contributed by atoms with Crippen LogP contribution in [0.2, 0.25) is 0 Å². The van der Waals surface area contributed by atoms with Crippen molar-refractivity contribution in [1.82, 2.24) is 5.32 Å². The maximum absolute atomic E-state index is 11.9. The zero-order valence-corrected chi connectivity index (χ0v) is 10.6. The van der Waals surface area contributed by atoms with Gasteiger partial charge in [-0.1, -0.05) is 12.1 Å². The number of thioether (sulfide) groups is 1. The van der Waals surface area contributed by atoms with Gasteiger partial charge in [-0.15, -0.1) is 0 Å². The third-order valence-electron chi connectivity index (χ3n) is 2.38. The van der Waals surface area contributed by atoms with E-state index in [4.69, 9.17) is 0 Å². The van der Waals surface area contributed by atoms with Gasteiger partial charge in [0, 0.05) is 16.3 Å². The molecule has 1 aromatic rings. The molecule has 1 aliphatic heterocycles. The maximum Gasteiger partial charge on any atom is 0.252 e. The first-order chi connectivity index (χ1) is 7.27. The molecular formula is C11H12BrNOS. The van der Waals surface area contributed by atoms with Gasteiger partial charge in [-0.25, -0.2) is 0 Å². The molecule has 1 aliphatic rings. The predicted octanol–water partition coefficient (Wildman–Crippen LogP) is 2.68. The molecule has 1 N–H and O–H groups in total. The highest BCUT2D eigenvalue weighted by molar-refractivity contribution is 9.10. The van der Waals surface area contributed by atoms with Crippen LogP contribution in [0.3, 0.4) is 0 Å². The number of nitrogens with one attached hydrogen (secondary N) is 1. The minimum absolute atomic E-state index is 0.0231. The molecule has 1 heterocycles. The molecule has 1 unspecified atom stereocenters. The maximum atomic E-state index is 11.9. The topological polar surface area (TPSA) is 29.1 Å². The fourth-order valence-corrected chi connectivity index (χ4v) is 3.17. The summed E-state index contributed by atoms with van der Waals surface area (Å²) in [6, 6.07) is 7.85. The number of hydrogen-bond donors (Lipinski definition) is 1. The monoisotopic (exact) mass is 285 g/mol. The Balaban J connectivity index is 2.04. The Morgan fingerprint density at radius 3 is 2.93 bits per heavy atom. The van der Waals surface area contributed by atoms with Crippen LogP contribution in [0.5, 0.6) is 0 Å². The minimum atomic E-state index is 0.0231. The van der Waals surface area contributed by atoms with Crippen LogP contribution in [0.25, 0.3) is 0 Å². The Morgan fingerprint density at radius 2 is 2.27 bits per heavy atom. The van der Waals surface area contributed by atoms with Crippen molar-refractivity contribution < 1.29 is 4.79 Å². The Bertz CT molecular complexity index is 363. The third kappa shape index (κ3) is 2.75. The van der Waals surface area contributed by atoms with Gasteiger partial charge in [-0.05, 0) is 40.2 Å². The molecule has 15 heavy (non-hydrogen) atoms. The van der Waals surface area contributed by atoms with Gasteiger partial charge in [0.05, 0.1) is 5.56 Å². The van der Waals surface area contributed by atoms with Crippen molar-refractivity contribution in [2.24, 2.45) is 0 Å². The van der Waals surface area contributed by atoms with Crippen LogP contribution in [-0.4, -0.2) is 23.5 Å². The van der Waals surface area contributed by atoms with Gasteiger partial charge in [0.15, 0.2) is 0 Å². The van der Waals surface area contributed by atoms with Crippen molar-refractivity contribution in [2.45, 2.75) is 12.5 Å². The summed E-state index contributed by atoms with van der Waals surface area (Å²) in [4.78, 5) is 11.9. The standard InChI is InChI=1S/C11H12BrNOS/c12-10-4-2-1-3-9(10)11(14)13-8-5-6-15-7-8/h1-4,8H,5-7H2,(H,13,14). The second-order valence-corrected chi connectivity index (χ2v) is 5.52. The fraction of sp³-hybridized carbons (Fsp3) is 0.364. The Labute approximate surface area is 102 Å². The zero-order valence-electron chi connectivity index (χ0n) is 8.20. The highest BCUT2D eigenvalue weighted by Gasteiger charge is 2.19. The molecule has 1 fully saturated rings. The summed E-state index contributed by atoms with van der Waals surface area (Å²) in [7, 11) is 0. The number of amides is 1. The van der Waals surface area contributed by atoms with Crippen molar-refractivity contribution in [3.05, 3.63) is 34.3 Å². The summed E-state index contributed by atoms with van der Waals surface area (Å²) in [5.41, 5.74) is 0.717. The van der Waals surface area contributed by atoms with E-state index >= 15 is 0 Å². The summed E-state index contributed by atoms with van der Waals surface area (Å²) in [6.07, 6.45) is 1.08. The van der Waals surface area contributed by atoms with Crippen LogP contribution in [0.4, 0.5) is 0 Å². The van der Waals surface area contributed by atoms with Crippen LogP contribution in [-0.2, 0) is 0 Å². The number of halogens is 1. The van der Waals surface area contributed by atoms with Gasteiger partial charge in [-0.3, -0.25) is 4.79 Å². The van der Waals surface area contributed by atoms with Gasteiger partial charge in [0.25, 0.3) is 5.91 Å². The third-order valence-corrected chi connectivity index (χ3v) is 4.24. The van der Waals surface area contributed by atoms with Gasteiger partial charge < -0.3 is 5.32 Å². The van der Waals surface area contributed by atoms with Gasteiger partial charge in [0.1, 0.15) is 0 Å². The minimum Gasteiger partial charge on any atom is -0.348 e. The summed E-state index contributed by atoms with van der Waals surface area (Å²) < 4.78 is 0.855. The molecule has 0 spiro atoms. The molecule has 1 atom stereocenters. The highest BCUT2D eigenvalue weighted by Crippen LogP contribution is 2.19. The molecule has 0 saturated carbocycles. The molecule has 2 nitrogen and oxygen atoms in total. The highest BCUT2D eigenvalue weighted by atomic mass is 79.9. The SMILES string of the molecule is O=C(NC1CCSC1)c1ccccc1Br. The van der Waals surface area contributed by atoms with E-state index in [9.17, 15) is 4.79 Å². The largest absolute Gasteiger partial charge is 0.348 e. The van der Waals surface area contributed by atoms with Crippen molar-refractivity contribution in [2.75, 3.05) is 11.5 Å². The molecular weight excluding hydrogens is 274 g/mol. The van der Waals surface area contributed by atoms with Crippen LogP contribution < -0.4 is 5.32 Å². The lowest BCUT2D eigenvalue weighted by molar-refractivity contribution is 0.0940. The number of carbonyl (C=O) groups excluding carboxylic acids is 1. The Hall–Kier alpha value is -0.480. The number of rotatable bonds is 2. The van der Waals surface area contributed by atoms with Crippen molar-refractivity contribution in [1.29, 1.82) is 0 Å². The van der Waals surface area contributed by atoms with E-state index in [2.05, 4.69) is 21.2 Å². The molecule has 0 aromatic heterocycles. The lowest BCUT2D eigenvalue weighted by atomic mass is 10.2. The number of carbonyl (C=O) groups is 1. The molecule has 1 saturated heterocycles. The van der Waals surface area contributed by atoms with E-state index in [1.54, 1.807) is 0 Å². The average molecular weight is 286 g/mol. The predicted molar refractivity (Wildman–Crippen MR) is 67.3 cm³/mol. The second-order valence-electron chi connectivity index (χ2n) is 3.51. The van der Waals surface area contributed by atoms with Crippen molar-refractivity contribution in [3.8, 4) is 0 Å². The summed E-state index contributed by atoms with van der Waals surface area (Å²) in [6.45, 7) is 0. The van der Waals surface area contributed by atoms with Gasteiger partial charge >= 0.3 is 0 Å². The summed E-state index contributed by atoms with van der Waals surface area (Å²) in [5, 5.41) is 3.05. The molecule has 0 bridgehead atoms. The first kappa shape index (κ1) is 11.0. The van der Waals surface area contributed by atoms with Crippen LogP contribution in [0.1, 0.15) is 16.8 Å². The fourth-order valence-electron chi connectivity index (χ4n) is 1.56. The summed E-state index contributed by atoms with van der Waals surface area (Å²) >= 11 is 5.28. The molecule has 1 amide bonds. The van der Waals surface area contributed by atoms with Crippen molar-refractivity contribution >= 4 is 33.6 Å². The quantitative estimate of drug-likeness (QED) is 0.905. The average Bonchev–Trinajstić information content (AvgIpc) is 2.71. The first-order valence-electron chi connectivity index (χ1n) is 4.90. The van der Waals surface area contributed by atoms with E-state index in [0.717, 1.165) is 28.0 Å². The Kier molecular flexibility index (Phi) is 3.70. The Morgan fingerprint density at radius 1 is 1.47 bits per heavy atom. The zero-order chi connectivity index (χ0) is 10.7. The van der Waals surface area contributed by atoms with Crippen molar-refractivity contribution in [3.63, 3.8) is 0 Å². The lowest BCUT2D eigenvalue weighted by Gasteiger charge is -2.11. The van der Waals surface area contributed by atoms with Gasteiger partial charge in [-0.2, -0.15) is 11.8 Å². The van der Waals surface area contributed by atoms with Crippen LogP contribution in [0.15, 0.2) is 28.7 Å². The molecule has 0 radical (unpaired) electrons. The lowest BCUT2D eigenvalue weighted by Crippen LogP contribution is -2.34. The molecule has 2 rings (SSSR count). The van der Waals surface area contributed by atoms with E-state index < -0.39 is 0 Å².